The van der Waals surface area contributed by atoms with Crippen molar-refractivity contribution in [2.45, 2.75) is 45.7 Å². The lowest BCUT2D eigenvalue weighted by Gasteiger charge is -2.24. The van der Waals surface area contributed by atoms with Crippen LogP contribution in [0.4, 0.5) is 0 Å². The van der Waals surface area contributed by atoms with Gasteiger partial charge in [0.2, 0.25) is 5.91 Å². The fraction of sp³-hybridized carbons (Fsp3) is 0.917. The molecule has 1 amide bonds. The van der Waals surface area contributed by atoms with Crippen molar-refractivity contribution in [1.29, 1.82) is 0 Å². The minimum absolute atomic E-state index is 0.0709. The molecule has 2 unspecified atom stereocenters. The smallest absolute Gasteiger partial charge is 0.234 e. The van der Waals surface area contributed by atoms with E-state index in [1.807, 2.05) is 6.92 Å². The molecular formula is C12H24N2O2. The number of rotatable bonds is 5. The largest absolute Gasteiger partial charge is 0.395 e. The molecule has 0 spiro atoms. The standard InChI is InChI=1S/C12H24N2O2/c1-9(2)10(3)13-12(16)7-14-6-4-5-11(14)8-15/h9-11,15H,4-8H2,1-3H3,(H,13,16). The number of nitrogens with zero attached hydrogens (tertiary/aromatic N) is 1. The first-order chi connectivity index (χ1) is 7.54. The Morgan fingerprint density at radius 3 is 2.75 bits per heavy atom. The molecule has 1 rings (SSSR count). The molecule has 0 radical (unpaired) electrons. The Kier molecular flexibility index (Phi) is 5.22. The predicted octanol–water partition coefficient (Wildman–Crippen LogP) is 0.604. The molecule has 94 valence electrons. The third-order valence-corrected chi connectivity index (χ3v) is 3.45. The molecule has 0 aliphatic carbocycles. The Bertz CT molecular complexity index is 231. The molecule has 2 atom stereocenters. The molecule has 0 aromatic rings. The number of likely N-dealkylation sites (tertiary alicyclic amines) is 1. The van der Waals surface area contributed by atoms with Gasteiger partial charge in [-0.1, -0.05) is 13.8 Å². The van der Waals surface area contributed by atoms with Gasteiger partial charge in [0, 0.05) is 12.1 Å². The number of carbonyl (C=O) groups excluding carboxylic acids is 1. The third-order valence-electron chi connectivity index (χ3n) is 3.45. The van der Waals surface area contributed by atoms with Gasteiger partial charge in [0.05, 0.1) is 13.2 Å². The van der Waals surface area contributed by atoms with Gasteiger partial charge in [0.25, 0.3) is 0 Å². The lowest BCUT2D eigenvalue weighted by atomic mass is 10.1. The summed E-state index contributed by atoms with van der Waals surface area (Å²) in [6.45, 7) is 7.72. The summed E-state index contributed by atoms with van der Waals surface area (Å²) >= 11 is 0. The van der Waals surface area contributed by atoms with Crippen LogP contribution in [-0.4, -0.2) is 47.7 Å². The molecule has 4 nitrogen and oxygen atoms in total. The second kappa shape index (κ2) is 6.21. The van der Waals surface area contributed by atoms with E-state index in [4.69, 9.17) is 5.11 Å². The van der Waals surface area contributed by atoms with Crippen LogP contribution in [0.2, 0.25) is 0 Å². The van der Waals surface area contributed by atoms with Crippen LogP contribution in [0.5, 0.6) is 0 Å². The molecule has 0 bridgehead atoms. The Labute approximate surface area is 98.0 Å². The van der Waals surface area contributed by atoms with Crippen LogP contribution in [-0.2, 0) is 4.79 Å². The minimum Gasteiger partial charge on any atom is -0.395 e. The number of aliphatic hydroxyl groups is 1. The summed E-state index contributed by atoms with van der Waals surface area (Å²) in [4.78, 5) is 13.8. The summed E-state index contributed by atoms with van der Waals surface area (Å²) in [5.41, 5.74) is 0. The van der Waals surface area contributed by atoms with E-state index >= 15 is 0 Å². The average molecular weight is 228 g/mol. The topological polar surface area (TPSA) is 52.6 Å². The Morgan fingerprint density at radius 1 is 1.50 bits per heavy atom. The second-order valence-corrected chi connectivity index (χ2v) is 5.05. The van der Waals surface area contributed by atoms with Gasteiger partial charge in [-0.25, -0.2) is 0 Å². The van der Waals surface area contributed by atoms with Crippen molar-refractivity contribution in [2.75, 3.05) is 19.7 Å². The molecule has 1 heterocycles. The summed E-state index contributed by atoms with van der Waals surface area (Å²) in [5, 5.41) is 12.1. The summed E-state index contributed by atoms with van der Waals surface area (Å²) in [5.74, 6) is 0.526. The van der Waals surface area contributed by atoms with Gasteiger partial charge < -0.3 is 10.4 Å². The third kappa shape index (κ3) is 3.76. The van der Waals surface area contributed by atoms with E-state index in [0.29, 0.717) is 12.5 Å². The maximum atomic E-state index is 11.7. The summed E-state index contributed by atoms with van der Waals surface area (Å²) in [6, 6.07) is 0.391. The molecule has 16 heavy (non-hydrogen) atoms. The van der Waals surface area contributed by atoms with E-state index in [2.05, 4.69) is 24.1 Å². The molecule has 1 aliphatic rings. The monoisotopic (exact) mass is 228 g/mol. The molecule has 0 saturated carbocycles. The van der Waals surface area contributed by atoms with E-state index in [0.717, 1.165) is 19.4 Å². The van der Waals surface area contributed by atoms with Crippen LogP contribution in [0.15, 0.2) is 0 Å². The van der Waals surface area contributed by atoms with E-state index in [1.165, 1.54) is 0 Å². The maximum Gasteiger partial charge on any atom is 0.234 e. The van der Waals surface area contributed by atoms with Crippen LogP contribution in [0.25, 0.3) is 0 Å². The predicted molar refractivity (Wildman–Crippen MR) is 64.1 cm³/mol. The van der Waals surface area contributed by atoms with Crippen molar-refractivity contribution in [3.63, 3.8) is 0 Å². The highest BCUT2D eigenvalue weighted by Crippen LogP contribution is 2.15. The normalized spacial score (nSPS) is 23.7. The van der Waals surface area contributed by atoms with E-state index in [9.17, 15) is 4.79 Å². The molecule has 1 saturated heterocycles. The van der Waals surface area contributed by atoms with Crippen molar-refractivity contribution < 1.29 is 9.90 Å². The average Bonchev–Trinajstić information content (AvgIpc) is 2.64. The number of amides is 1. The first-order valence-corrected chi connectivity index (χ1v) is 6.19. The SMILES string of the molecule is CC(C)C(C)NC(=O)CN1CCCC1CO. The molecule has 0 aromatic carbocycles. The number of aliphatic hydroxyl groups excluding tert-OH is 1. The summed E-state index contributed by atoms with van der Waals surface area (Å²) in [7, 11) is 0. The van der Waals surface area contributed by atoms with Crippen molar-refractivity contribution in [3.05, 3.63) is 0 Å². The van der Waals surface area contributed by atoms with Crippen molar-refractivity contribution in [3.8, 4) is 0 Å². The lowest BCUT2D eigenvalue weighted by Crippen LogP contribution is -2.45. The van der Waals surface area contributed by atoms with Crippen molar-refractivity contribution >= 4 is 5.91 Å². The zero-order chi connectivity index (χ0) is 12.1. The molecule has 4 heteroatoms. The van der Waals surface area contributed by atoms with Gasteiger partial charge in [0.15, 0.2) is 0 Å². The Morgan fingerprint density at radius 2 is 2.19 bits per heavy atom. The highest BCUT2D eigenvalue weighted by atomic mass is 16.3. The van der Waals surface area contributed by atoms with Gasteiger partial charge in [-0.3, -0.25) is 9.69 Å². The number of nitrogens with one attached hydrogen (secondary N) is 1. The fourth-order valence-electron chi connectivity index (χ4n) is 1.96. The number of hydrogen-bond donors (Lipinski definition) is 2. The first-order valence-electron chi connectivity index (χ1n) is 6.19. The summed E-state index contributed by atoms with van der Waals surface area (Å²) in [6.07, 6.45) is 2.09. The molecule has 0 aromatic heterocycles. The first kappa shape index (κ1) is 13.5. The fourth-order valence-corrected chi connectivity index (χ4v) is 1.96. The lowest BCUT2D eigenvalue weighted by molar-refractivity contribution is -0.123. The molecular weight excluding hydrogens is 204 g/mol. The minimum atomic E-state index is 0.0709. The van der Waals surface area contributed by atoms with E-state index in [1.54, 1.807) is 0 Å². The van der Waals surface area contributed by atoms with Crippen LogP contribution in [0, 0.1) is 5.92 Å². The zero-order valence-electron chi connectivity index (χ0n) is 10.6. The van der Waals surface area contributed by atoms with Gasteiger partial charge >= 0.3 is 0 Å². The number of carbonyl (C=O) groups is 1. The van der Waals surface area contributed by atoms with Crippen molar-refractivity contribution in [2.24, 2.45) is 5.92 Å². The quantitative estimate of drug-likeness (QED) is 0.724. The maximum absolute atomic E-state index is 11.7. The van der Waals surface area contributed by atoms with E-state index in [-0.39, 0.29) is 24.6 Å². The summed E-state index contributed by atoms with van der Waals surface area (Å²) < 4.78 is 0. The molecule has 1 fully saturated rings. The number of hydrogen-bond acceptors (Lipinski definition) is 3. The van der Waals surface area contributed by atoms with Gasteiger partial charge in [-0.15, -0.1) is 0 Å². The van der Waals surface area contributed by atoms with Gasteiger partial charge in [0.1, 0.15) is 0 Å². The van der Waals surface area contributed by atoms with E-state index < -0.39 is 0 Å². The Hall–Kier alpha value is -0.610. The molecule has 2 N–H and O–H groups in total. The highest BCUT2D eigenvalue weighted by Gasteiger charge is 2.25. The van der Waals surface area contributed by atoms with Gasteiger partial charge in [-0.05, 0) is 32.2 Å². The van der Waals surface area contributed by atoms with Crippen LogP contribution in [0.3, 0.4) is 0 Å². The molecule has 1 aliphatic heterocycles. The van der Waals surface area contributed by atoms with Crippen LogP contribution >= 0.6 is 0 Å². The Balaban J connectivity index is 2.33. The van der Waals surface area contributed by atoms with Crippen LogP contribution in [0.1, 0.15) is 33.6 Å². The second-order valence-electron chi connectivity index (χ2n) is 5.05. The zero-order valence-corrected chi connectivity index (χ0v) is 10.6. The van der Waals surface area contributed by atoms with Crippen LogP contribution < -0.4 is 5.32 Å². The highest BCUT2D eigenvalue weighted by molar-refractivity contribution is 5.78. The van der Waals surface area contributed by atoms with Crippen molar-refractivity contribution in [1.82, 2.24) is 10.2 Å². The van der Waals surface area contributed by atoms with Gasteiger partial charge in [-0.2, -0.15) is 0 Å².